The molecule has 1 aliphatic rings. The van der Waals surface area contributed by atoms with Crippen molar-refractivity contribution in [2.24, 2.45) is 0 Å². The Morgan fingerprint density at radius 1 is 1.24 bits per heavy atom. The van der Waals surface area contributed by atoms with Crippen LogP contribution in [0.15, 0.2) is 59.4 Å². The van der Waals surface area contributed by atoms with Gasteiger partial charge in [-0.3, -0.25) is 19.5 Å². The number of fused-ring (bicyclic) bond motifs is 1. The Labute approximate surface area is 143 Å². The lowest BCUT2D eigenvalue weighted by Crippen LogP contribution is -2.49. The van der Waals surface area contributed by atoms with Gasteiger partial charge in [0, 0.05) is 24.0 Å². The van der Waals surface area contributed by atoms with E-state index >= 15 is 0 Å². The van der Waals surface area contributed by atoms with Gasteiger partial charge in [0.15, 0.2) is 11.5 Å². The maximum atomic E-state index is 13.0. The van der Waals surface area contributed by atoms with Crippen LogP contribution in [0.4, 0.5) is 11.4 Å². The molecule has 0 aliphatic carbocycles. The summed E-state index contributed by atoms with van der Waals surface area (Å²) in [6, 6.07) is 11.6. The summed E-state index contributed by atoms with van der Waals surface area (Å²) in [7, 11) is 0. The highest BCUT2D eigenvalue weighted by Gasteiger charge is 2.35. The number of rotatable bonds is 2. The molecule has 7 heteroatoms. The van der Waals surface area contributed by atoms with E-state index in [1.807, 2.05) is 12.1 Å². The number of hydrogen-bond acceptors (Lipinski definition) is 5. The highest BCUT2D eigenvalue weighted by molar-refractivity contribution is 6.16. The largest absolute Gasteiger partial charge is 0.355 e. The molecule has 1 N–H and O–H groups in total. The molecule has 0 saturated heterocycles. The zero-order valence-electron chi connectivity index (χ0n) is 13.3. The Bertz CT molecular complexity index is 952. The molecule has 124 valence electrons. The fourth-order valence-electron chi connectivity index (χ4n) is 2.78. The van der Waals surface area contributed by atoms with Crippen molar-refractivity contribution in [1.82, 2.24) is 10.1 Å². The van der Waals surface area contributed by atoms with Gasteiger partial charge in [-0.25, -0.2) is 0 Å². The summed E-state index contributed by atoms with van der Waals surface area (Å²) in [6.45, 7) is 1.67. The predicted molar refractivity (Wildman–Crippen MR) is 91.1 cm³/mol. The van der Waals surface area contributed by atoms with E-state index < -0.39 is 11.9 Å². The molecule has 0 radical (unpaired) electrons. The van der Waals surface area contributed by atoms with Crippen molar-refractivity contribution in [2.75, 3.05) is 10.2 Å². The minimum Gasteiger partial charge on any atom is -0.355 e. The first kappa shape index (κ1) is 15.1. The van der Waals surface area contributed by atoms with Crippen LogP contribution in [0.2, 0.25) is 0 Å². The van der Waals surface area contributed by atoms with Gasteiger partial charge in [0.1, 0.15) is 6.04 Å². The summed E-state index contributed by atoms with van der Waals surface area (Å²) < 4.78 is 5.27. The summed E-state index contributed by atoms with van der Waals surface area (Å²) in [6.07, 6.45) is 3.28. The molecule has 1 unspecified atom stereocenters. The van der Waals surface area contributed by atoms with Crippen LogP contribution in [0.5, 0.6) is 0 Å². The lowest BCUT2D eigenvalue weighted by atomic mass is 10.1. The Balaban J connectivity index is 1.72. The van der Waals surface area contributed by atoms with Gasteiger partial charge in [-0.05, 0) is 31.2 Å². The molecular formula is C18H14N4O3. The number of anilines is 2. The van der Waals surface area contributed by atoms with Crippen molar-refractivity contribution in [2.45, 2.75) is 13.0 Å². The minimum absolute atomic E-state index is 0.134. The highest BCUT2D eigenvalue weighted by atomic mass is 16.5. The van der Waals surface area contributed by atoms with E-state index in [0.29, 0.717) is 17.1 Å². The van der Waals surface area contributed by atoms with Crippen LogP contribution in [-0.2, 0) is 4.79 Å². The van der Waals surface area contributed by atoms with Crippen LogP contribution in [0.3, 0.4) is 0 Å². The van der Waals surface area contributed by atoms with Gasteiger partial charge >= 0.3 is 0 Å². The first-order valence-electron chi connectivity index (χ1n) is 7.76. The second-order valence-corrected chi connectivity index (χ2v) is 5.68. The number of hydrogen-bond donors (Lipinski definition) is 1. The summed E-state index contributed by atoms with van der Waals surface area (Å²) in [5.41, 5.74) is 2.08. The van der Waals surface area contributed by atoms with Gasteiger partial charge in [-0.2, -0.15) is 0 Å². The zero-order chi connectivity index (χ0) is 17.4. The van der Waals surface area contributed by atoms with E-state index in [9.17, 15) is 9.59 Å². The topological polar surface area (TPSA) is 88.3 Å². The molecule has 0 bridgehead atoms. The van der Waals surface area contributed by atoms with Crippen molar-refractivity contribution >= 4 is 23.2 Å². The van der Waals surface area contributed by atoms with Crippen molar-refractivity contribution in [3.8, 4) is 11.3 Å². The molecule has 25 heavy (non-hydrogen) atoms. The van der Waals surface area contributed by atoms with Gasteiger partial charge in [0.2, 0.25) is 5.91 Å². The van der Waals surface area contributed by atoms with E-state index in [2.05, 4.69) is 15.5 Å². The standard InChI is InChI=1S/C18H14N4O3/c1-11-17(23)20-13-6-2-3-7-15(13)22(11)18(24)14-9-16(25-21-14)12-5-4-8-19-10-12/h2-11H,1H3,(H,20,23). The summed E-state index contributed by atoms with van der Waals surface area (Å²) in [5, 5.41) is 6.67. The van der Waals surface area contributed by atoms with E-state index in [1.54, 1.807) is 49.6 Å². The van der Waals surface area contributed by atoms with Gasteiger partial charge in [0.25, 0.3) is 5.91 Å². The molecular weight excluding hydrogens is 320 g/mol. The second-order valence-electron chi connectivity index (χ2n) is 5.68. The first-order valence-corrected chi connectivity index (χ1v) is 7.76. The maximum absolute atomic E-state index is 13.0. The molecule has 0 spiro atoms. The first-order chi connectivity index (χ1) is 12.1. The Morgan fingerprint density at radius 2 is 2.08 bits per heavy atom. The molecule has 1 aliphatic heterocycles. The van der Waals surface area contributed by atoms with E-state index in [1.165, 1.54) is 4.90 Å². The smallest absolute Gasteiger partial charge is 0.281 e. The lowest BCUT2D eigenvalue weighted by molar-refractivity contribution is -0.117. The van der Waals surface area contributed by atoms with E-state index in [4.69, 9.17) is 4.52 Å². The Kier molecular flexibility index (Phi) is 3.53. The molecule has 0 fully saturated rings. The van der Waals surface area contributed by atoms with Crippen molar-refractivity contribution in [3.05, 3.63) is 60.6 Å². The Morgan fingerprint density at radius 3 is 2.88 bits per heavy atom. The highest BCUT2D eigenvalue weighted by Crippen LogP contribution is 2.33. The molecule has 7 nitrogen and oxygen atoms in total. The molecule has 1 aromatic carbocycles. The monoisotopic (exact) mass is 334 g/mol. The van der Waals surface area contributed by atoms with Gasteiger partial charge < -0.3 is 9.84 Å². The Hall–Kier alpha value is -3.48. The number of carbonyl (C=O) groups excluding carboxylic acids is 2. The average molecular weight is 334 g/mol. The van der Waals surface area contributed by atoms with Crippen LogP contribution in [0.25, 0.3) is 11.3 Å². The van der Waals surface area contributed by atoms with Gasteiger partial charge in [-0.1, -0.05) is 17.3 Å². The number of aromatic nitrogens is 2. The number of nitrogens with one attached hydrogen (secondary N) is 1. The molecule has 1 atom stereocenters. The fraction of sp³-hybridized carbons (Fsp3) is 0.111. The third-order valence-corrected chi connectivity index (χ3v) is 4.08. The minimum atomic E-state index is -0.652. The number of nitrogens with zero attached hydrogens (tertiary/aromatic N) is 3. The molecule has 2 amide bonds. The summed E-state index contributed by atoms with van der Waals surface area (Å²) >= 11 is 0. The van der Waals surface area contributed by atoms with Crippen LogP contribution >= 0.6 is 0 Å². The number of amides is 2. The quantitative estimate of drug-likeness (QED) is 0.778. The van der Waals surface area contributed by atoms with Crippen molar-refractivity contribution in [1.29, 1.82) is 0 Å². The normalized spacial score (nSPS) is 16.3. The lowest BCUT2D eigenvalue weighted by Gasteiger charge is -2.33. The third kappa shape index (κ3) is 2.55. The van der Waals surface area contributed by atoms with E-state index in [0.717, 1.165) is 5.56 Å². The molecule has 0 saturated carbocycles. The third-order valence-electron chi connectivity index (χ3n) is 4.08. The maximum Gasteiger partial charge on any atom is 0.281 e. The number of para-hydroxylation sites is 2. The van der Waals surface area contributed by atoms with Gasteiger partial charge in [-0.15, -0.1) is 0 Å². The molecule has 4 rings (SSSR count). The molecule has 2 aromatic heterocycles. The zero-order valence-corrected chi connectivity index (χ0v) is 13.3. The van der Waals surface area contributed by atoms with Gasteiger partial charge in [0.05, 0.1) is 11.4 Å². The fourth-order valence-corrected chi connectivity index (χ4v) is 2.78. The second kappa shape index (κ2) is 5.86. The van der Waals surface area contributed by atoms with Crippen molar-refractivity contribution in [3.63, 3.8) is 0 Å². The number of carbonyl (C=O) groups is 2. The number of pyridine rings is 1. The van der Waals surface area contributed by atoms with Crippen LogP contribution in [0, 0.1) is 0 Å². The van der Waals surface area contributed by atoms with Crippen LogP contribution in [0.1, 0.15) is 17.4 Å². The predicted octanol–water partition coefficient (Wildman–Crippen LogP) is 2.72. The average Bonchev–Trinajstić information content (AvgIpc) is 3.13. The van der Waals surface area contributed by atoms with E-state index in [-0.39, 0.29) is 11.6 Å². The molecule has 3 aromatic rings. The summed E-state index contributed by atoms with van der Waals surface area (Å²) in [5.74, 6) is -0.199. The summed E-state index contributed by atoms with van der Waals surface area (Å²) in [4.78, 5) is 30.6. The number of benzene rings is 1. The van der Waals surface area contributed by atoms with Crippen LogP contribution in [-0.4, -0.2) is 28.0 Å². The molecule has 3 heterocycles. The van der Waals surface area contributed by atoms with Crippen LogP contribution < -0.4 is 10.2 Å². The SMILES string of the molecule is CC1C(=O)Nc2ccccc2N1C(=O)c1cc(-c2cccnc2)on1. The van der Waals surface area contributed by atoms with Crippen molar-refractivity contribution < 1.29 is 14.1 Å².